The zero-order valence-electron chi connectivity index (χ0n) is 20.4. The van der Waals surface area contributed by atoms with Crippen LogP contribution >= 0.6 is 7.82 Å². The molecular weight excluding hydrogens is 461 g/mol. The van der Waals surface area contributed by atoms with Crippen LogP contribution in [0, 0.1) is 0 Å². The summed E-state index contributed by atoms with van der Waals surface area (Å²) < 4.78 is 29.7. The van der Waals surface area contributed by atoms with Crippen LogP contribution in [0.1, 0.15) is 51.0 Å². The lowest BCUT2D eigenvalue weighted by molar-refractivity contribution is -0.118. The molecule has 6 nitrogen and oxygen atoms in total. The van der Waals surface area contributed by atoms with Crippen molar-refractivity contribution in [2.24, 2.45) is 5.73 Å². The molecule has 35 heavy (non-hydrogen) atoms. The van der Waals surface area contributed by atoms with Gasteiger partial charge in [-0.25, -0.2) is 4.57 Å². The monoisotopic (exact) mass is 497 g/mol. The molecule has 1 amide bonds. The van der Waals surface area contributed by atoms with Crippen LogP contribution in [0.2, 0.25) is 0 Å². The second-order valence-corrected chi connectivity index (χ2v) is 9.47. The van der Waals surface area contributed by atoms with Crippen molar-refractivity contribution in [2.45, 2.75) is 51.9 Å². The Kier molecular flexibility index (Phi) is 13.3. The van der Waals surface area contributed by atoms with Crippen molar-refractivity contribution in [3.05, 3.63) is 96.6 Å². The number of rotatable bonds is 14. The fourth-order valence-corrected chi connectivity index (χ4v) is 4.33. The third kappa shape index (κ3) is 12.8. The number of nitrogens with two attached hydrogens (primary N) is 1. The number of benzene rings is 3. The molecule has 0 unspecified atom stereocenters. The maximum Gasteiger partial charge on any atom is 0.587 e. The van der Waals surface area contributed by atoms with E-state index in [4.69, 9.17) is 19.3 Å². The standard InChI is InChI=1S/C20H19O4P.C8H17NO/c21-25(23-19-12-6-2-7-13-19,24-20-14-8-3-9-15-20)22-17-16-18-10-4-1-5-11-18;1-2-3-4-5-6-7-8(9)10/h1-15H,16-17H2;2-7H2,1H3,(H2,9,10). The summed E-state index contributed by atoms with van der Waals surface area (Å²) in [5.41, 5.74) is 6.06. The summed E-state index contributed by atoms with van der Waals surface area (Å²) in [5.74, 6) is 0.694. The van der Waals surface area contributed by atoms with Gasteiger partial charge in [-0.2, -0.15) is 0 Å². The zero-order valence-corrected chi connectivity index (χ0v) is 21.3. The topological polar surface area (TPSA) is 87.9 Å². The molecule has 0 spiro atoms. The Balaban J connectivity index is 0.000000367. The van der Waals surface area contributed by atoms with E-state index in [1.165, 1.54) is 19.3 Å². The number of carbonyl (C=O) groups excluding carboxylic acids is 1. The molecule has 2 N–H and O–H groups in total. The molecule has 0 aliphatic heterocycles. The number of hydrogen-bond donors (Lipinski definition) is 1. The first-order valence-electron chi connectivity index (χ1n) is 12.1. The van der Waals surface area contributed by atoms with E-state index in [0.717, 1.165) is 18.4 Å². The number of para-hydroxylation sites is 2. The van der Waals surface area contributed by atoms with E-state index < -0.39 is 7.82 Å². The molecule has 0 radical (unpaired) electrons. The summed E-state index contributed by atoms with van der Waals surface area (Å²) in [6, 6.07) is 27.6. The van der Waals surface area contributed by atoms with Gasteiger partial charge in [0.05, 0.1) is 6.61 Å². The molecular formula is C28H36NO5P. The average Bonchev–Trinajstić information content (AvgIpc) is 2.86. The van der Waals surface area contributed by atoms with E-state index in [-0.39, 0.29) is 12.5 Å². The molecule has 0 saturated carbocycles. The minimum absolute atomic E-state index is 0.170. The van der Waals surface area contributed by atoms with Crippen LogP contribution < -0.4 is 14.8 Å². The van der Waals surface area contributed by atoms with Crippen LogP contribution in [0.4, 0.5) is 0 Å². The fraction of sp³-hybridized carbons (Fsp3) is 0.321. The molecule has 0 saturated heterocycles. The Morgan fingerprint density at radius 3 is 1.71 bits per heavy atom. The third-order valence-electron chi connectivity index (χ3n) is 4.93. The van der Waals surface area contributed by atoms with Gasteiger partial charge in [-0.1, -0.05) is 99.3 Å². The van der Waals surface area contributed by atoms with Gasteiger partial charge in [0.15, 0.2) is 0 Å². The van der Waals surface area contributed by atoms with Gasteiger partial charge >= 0.3 is 7.82 Å². The minimum Gasteiger partial charge on any atom is -0.395 e. The van der Waals surface area contributed by atoms with E-state index in [1.807, 2.05) is 42.5 Å². The normalized spacial score (nSPS) is 10.7. The van der Waals surface area contributed by atoms with Crippen molar-refractivity contribution in [3.8, 4) is 11.5 Å². The van der Waals surface area contributed by atoms with Crippen LogP contribution in [0.25, 0.3) is 0 Å². The number of unbranched alkanes of at least 4 members (excludes halogenated alkanes) is 4. The highest BCUT2D eigenvalue weighted by Crippen LogP contribution is 2.49. The Morgan fingerprint density at radius 1 is 0.743 bits per heavy atom. The fourth-order valence-electron chi connectivity index (χ4n) is 3.12. The van der Waals surface area contributed by atoms with Crippen LogP contribution in [0.5, 0.6) is 11.5 Å². The van der Waals surface area contributed by atoms with Gasteiger partial charge in [-0.3, -0.25) is 9.32 Å². The Morgan fingerprint density at radius 2 is 1.23 bits per heavy atom. The summed E-state index contributed by atoms with van der Waals surface area (Å²) in [7, 11) is -3.80. The second-order valence-electron chi connectivity index (χ2n) is 7.96. The van der Waals surface area contributed by atoms with E-state index >= 15 is 0 Å². The lowest BCUT2D eigenvalue weighted by Crippen LogP contribution is -2.09. The molecule has 3 rings (SSSR count). The molecule has 0 aliphatic carbocycles. The van der Waals surface area contributed by atoms with Gasteiger partial charge in [-0.05, 0) is 42.7 Å². The van der Waals surface area contributed by atoms with Crippen molar-refractivity contribution < 1.29 is 22.9 Å². The largest absolute Gasteiger partial charge is 0.587 e. The summed E-state index contributed by atoms with van der Waals surface area (Å²) >= 11 is 0. The second kappa shape index (κ2) is 16.5. The number of amides is 1. The Bertz CT molecular complexity index is 954. The highest BCUT2D eigenvalue weighted by molar-refractivity contribution is 7.49. The molecule has 3 aromatic rings. The van der Waals surface area contributed by atoms with E-state index in [9.17, 15) is 9.36 Å². The molecule has 0 heterocycles. The number of carbonyl (C=O) groups is 1. The van der Waals surface area contributed by atoms with Crippen LogP contribution in [-0.4, -0.2) is 12.5 Å². The van der Waals surface area contributed by atoms with Crippen LogP contribution in [-0.2, 0) is 20.3 Å². The number of phosphoric ester groups is 1. The van der Waals surface area contributed by atoms with Crippen molar-refractivity contribution in [1.82, 2.24) is 0 Å². The molecule has 0 bridgehead atoms. The van der Waals surface area contributed by atoms with E-state index in [1.54, 1.807) is 48.5 Å². The first-order valence-corrected chi connectivity index (χ1v) is 13.5. The molecule has 0 atom stereocenters. The van der Waals surface area contributed by atoms with Crippen molar-refractivity contribution in [3.63, 3.8) is 0 Å². The lowest BCUT2D eigenvalue weighted by atomic mass is 10.1. The molecule has 188 valence electrons. The first kappa shape index (κ1) is 28.2. The van der Waals surface area contributed by atoms with Crippen molar-refractivity contribution in [2.75, 3.05) is 6.61 Å². The predicted molar refractivity (Wildman–Crippen MR) is 140 cm³/mol. The summed E-state index contributed by atoms with van der Waals surface area (Å²) in [6.07, 6.45) is 7.05. The SMILES string of the molecule is CCCCCCCC(N)=O.O=P(OCCc1ccccc1)(Oc1ccccc1)Oc1ccccc1. The highest BCUT2D eigenvalue weighted by Gasteiger charge is 2.30. The summed E-state index contributed by atoms with van der Waals surface area (Å²) in [5, 5.41) is 0. The molecule has 0 fully saturated rings. The van der Waals surface area contributed by atoms with E-state index in [0.29, 0.717) is 24.3 Å². The average molecular weight is 498 g/mol. The molecule has 7 heteroatoms. The van der Waals surface area contributed by atoms with Gasteiger partial charge in [0, 0.05) is 6.42 Å². The predicted octanol–water partition coefficient (Wildman–Crippen LogP) is 7.34. The Labute approximate surface area is 209 Å². The Hall–Kier alpha value is -3.08. The lowest BCUT2D eigenvalue weighted by Gasteiger charge is -2.19. The third-order valence-corrected chi connectivity index (χ3v) is 6.30. The van der Waals surface area contributed by atoms with Crippen LogP contribution in [0.3, 0.4) is 0 Å². The van der Waals surface area contributed by atoms with Crippen LogP contribution in [0.15, 0.2) is 91.0 Å². The van der Waals surface area contributed by atoms with Gasteiger partial charge in [0.25, 0.3) is 0 Å². The van der Waals surface area contributed by atoms with Gasteiger partial charge < -0.3 is 14.8 Å². The van der Waals surface area contributed by atoms with Gasteiger partial charge in [-0.15, -0.1) is 0 Å². The number of hydrogen-bond acceptors (Lipinski definition) is 5. The molecule has 0 aliphatic rings. The van der Waals surface area contributed by atoms with Gasteiger partial charge in [0.1, 0.15) is 11.5 Å². The first-order chi connectivity index (χ1) is 17.0. The quantitative estimate of drug-likeness (QED) is 0.186. The summed E-state index contributed by atoms with van der Waals surface area (Å²) in [4.78, 5) is 10.3. The minimum atomic E-state index is -3.80. The van der Waals surface area contributed by atoms with Crippen molar-refractivity contribution in [1.29, 1.82) is 0 Å². The molecule has 0 aromatic heterocycles. The molecule has 3 aromatic carbocycles. The van der Waals surface area contributed by atoms with E-state index in [2.05, 4.69) is 6.92 Å². The smallest absolute Gasteiger partial charge is 0.395 e. The highest BCUT2D eigenvalue weighted by atomic mass is 31.2. The number of phosphoric acid groups is 1. The zero-order chi connectivity index (χ0) is 25.2. The maximum atomic E-state index is 13.1. The number of primary amides is 1. The van der Waals surface area contributed by atoms with Gasteiger partial charge in [0.2, 0.25) is 5.91 Å². The maximum absolute atomic E-state index is 13.1. The van der Waals surface area contributed by atoms with Crippen molar-refractivity contribution >= 4 is 13.7 Å². The summed E-state index contributed by atoms with van der Waals surface area (Å²) in [6.45, 7) is 2.40.